The largest absolute Gasteiger partial charge is 0.497 e. The van der Waals surface area contributed by atoms with Gasteiger partial charge in [0.1, 0.15) is 11.5 Å². The van der Waals surface area contributed by atoms with Crippen molar-refractivity contribution in [3.8, 4) is 23.0 Å². The van der Waals surface area contributed by atoms with Crippen molar-refractivity contribution in [1.82, 2.24) is 0 Å². The molecule has 0 amide bonds. The van der Waals surface area contributed by atoms with E-state index in [9.17, 15) is 9.59 Å². The number of esters is 1. The normalized spacial score (nSPS) is 10.3. The van der Waals surface area contributed by atoms with Crippen LogP contribution in [0.1, 0.15) is 20.7 Å². The van der Waals surface area contributed by atoms with Gasteiger partial charge in [-0.3, -0.25) is 4.79 Å². The van der Waals surface area contributed by atoms with Crippen LogP contribution in [0.4, 0.5) is 0 Å². The Balaban J connectivity index is 2.01. The topological polar surface area (TPSA) is 71.1 Å². The number of carbonyl (C=O) groups excluding carboxylic acids is 2. The molecule has 3 rings (SSSR count). The molecule has 0 N–H and O–H groups in total. The summed E-state index contributed by atoms with van der Waals surface area (Å²) >= 11 is 0. The molecule has 0 saturated carbocycles. The minimum Gasteiger partial charge on any atom is -0.497 e. The summed E-state index contributed by atoms with van der Waals surface area (Å²) in [6.07, 6.45) is 0.707. The van der Waals surface area contributed by atoms with Crippen LogP contribution in [0.5, 0.6) is 23.0 Å². The van der Waals surface area contributed by atoms with Gasteiger partial charge in [-0.1, -0.05) is 12.1 Å². The number of fused-ring (bicyclic) bond motifs is 1. The first-order valence-electron chi connectivity index (χ1n) is 8.11. The molecule has 0 bridgehead atoms. The first kappa shape index (κ1) is 18.3. The Hall–Kier alpha value is -3.54. The highest BCUT2D eigenvalue weighted by atomic mass is 16.5. The summed E-state index contributed by atoms with van der Waals surface area (Å²) in [5.74, 6) is 1.19. The molecule has 0 unspecified atom stereocenters. The van der Waals surface area contributed by atoms with Gasteiger partial charge in [-0.25, -0.2) is 4.79 Å². The van der Waals surface area contributed by atoms with E-state index in [0.717, 1.165) is 5.39 Å². The van der Waals surface area contributed by atoms with Crippen molar-refractivity contribution in [2.45, 2.75) is 0 Å². The summed E-state index contributed by atoms with van der Waals surface area (Å²) < 4.78 is 21.2. The van der Waals surface area contributed by atoms with E-state index in [1.165, 1.54) is 27.4 Å². The van der Waals surface area contributed by atoms with Crippen LogP contribution in [-0.2, 0) is 0 Å². The van der Waals surface area contributed by atoms with E-state index in [1.807, 2.05) is 6.07 Å². The predicted molar refractivity (Wildman–Crippen MR) is 100 cm³/mol. The van der Waals surface area contributed by atoms with Gasteiger partial charge < -0.3 is 18.9 Å². The average molecular weight is 366 g/mol. The van der Waals surface area contributed by atoms with Crippen molar-refractivity contribution in [1.29, 1.82) is 0 Å². The highest BCUT2D eigenvalue weighted by molar-refractivity contribution is 6.04. The molecule has 0 spiro atoms. The van der Waals surface area contributed by atoms with Crippen LogP contribution in [0.15, 0.2) is 48.5 Å². The molecular formula is C21H18O6. The number of benzene rings is 3. The zero-order valence-electron chi connectivity index (χ0n) is 15.1. The zero-order valence-corrected chi connectivity index (χ0v) is 15.1. The lowest BCUT2D eigenvalue weighted by Gasteiger charge is -2.12. The lowest BCUT2D eigenvalue weighted by atomic mass is 10.0. The van der Waals surface area contributed by atoms with Crippen LogP contribution < -0.4 is 18.9 Å². The zero-order chi connectivity index (χ0) is 19.4. The van der Waals surface area contributed by atoms with Gasteiger partial charge in [-0.05, 0) is 41.8 Å². The van der Waals surface area contributed by atoms with Gasteiger partial charge in [0.15, 0.2) is 17.8 Å². The Labute approximate surface area is 156 Å². The maximum Gasteiger partial charge on any atom is 0.343 e. The smallest absolute Gasteiger partial charge is 0.343 e. The standard InChI is InChI=1S/C21H18O6/c1-24-16-9-13-5-4-6-18(20(13)15(10-16)12-22)27-21(23)14-7-8-17(25-2)19(11-14)26-3/h4-12H,1-3H3. The molecule has 0 heterocycles. The number of ether oxygens (including phenoxy) is 4. The average Bonchev–Trinajstić information content (AvgIpc) is 2.72. The Bertz CT molecular complexity index is 1010. The van der Waals surface area contributed by atoms with Crippen LogP contribution in [0.3, 0.4) is 0 Å². The third-order valence-electron chi connectivity index (χ3n) is 4.13. The van der Waals surface area contributed by atoms with E-state index in [-0.39, 0.29) is 5.75 Å². The number of methoxy groups -OCH3 is 3. The fourth-order valence-corrected chi connectivity index (χ4v) is 2.82. The van der Waals surface area contributed by atoms with E-state index >= 15 is 0 Å². The second kappa shape index (κ2) is 7.78. The van der Waals surface area contributed by atoms with Crippen molar-refractivity contribution in [3.63, 3.8) is 0 Å². The molecule has 6 nitrogen and oxygen atoms in total. The van der Waals surface area contributed by atoms with Crippen molar-refractivity contribution >= 4 is 23.0 Å². The van der Waals surface area contributed by atoms with Gasteiger partial charge in [0.2, 0.25) is 0 Å². The molecule has 0 aromatic heterocycles. The van der Waals surface area contributed by atoms with Gasteiger partial charge in [-0.2, -0.15) is 0 Å². The quantitative estimate of drug-likeness (QED) is 0.374. The van der Waals surface area contributed by atoms with Gasteiger partial charge in [0.25, 0.3) is 0 Å². The van der Waals surface area contributed by atoms with Crippen LogP contribution in [0.25, 0.3) is 10.8 Å². The second-order valence-corrected chi connectivity index (χ2v) is 5.65. The highest BCUT2D eigenvalue weighted by Gasteiger charge is 2.16. The minimum atomic E-state index is -0.573. The summed E-state index contributed by atoms with van der Waals surface area (Å²) in [7, 11) is 4.53. The molecule has 0 fully saturated rings. The lowest BCUT2D eigenvalue weighted by Crippen LogP contribution is -2.09. The Kier molecular flexibility index (Phi) is 5.26. The molecule has 0 saturated heterocycles. The Morgan fingerprint density at radius 3 is 2.30 bits per heavy atom. The molecule has 0 radical (unpaired) electrons. The summed E-state index contributed by atoms with van der Waals surface area (Å²) in [4.78, 5) is 24.1. The first-order chi connectivity index (χ1) is 13.1. The molecular weight excluding hydrogens is 348 g/mol. The van der Waals surface area contributed by atoms with Crippen LogP contribution in [-0.4, -0.2) is 33.6 Å². The molecule has 0 aliphatic carbocycles. The fourth-order valence-electron chi connectivity index (χ4n) is 2.82. The maximum atomic E-state index is 12.6. The third-order valence-corrected chi connectivity index (χ3v) is 4.13. The van der Waals surface area contributed by atoms with Crippen molar-refractivity contribution in [2.75, 3.05) is 21.3 Å². The molecule has 6 heteroatoms. The maximum absolute atomic E-state index is 12.6. The van der Waals surface area contributed by atoms with Crippen molar-refractivity contribution < 1.29 is 28.5 Å². The lowest BCUT2D eigenvalue weighted by molar-refractivity contribution is 0.0736. The summed E-state index contributed by atoms with van der Waals surface area (Å²) in [6.45, 7) is 0. The summed E-state index contributed by atoms with van der Waals surface area (Å²) in [5, 5.41) is 1.27. The number of carbonyl (C=O) groups is 2. The van der Waals surface area contributed by atoms with Gasteiger partial charge >= 0.3 is 5.97 Å². The fraction of sp³-hybridized carbons (Fsp3) is 0.143. The van der Waals surface area contributed by atoms with Gasteiger partial charge in [-0.15, -0.1) is 0 Å². The van der Waals surface area contributed by atoms with Crippen molar-refractivity contribution in [3.05, 3.63) is 59.7 Å². The summed E-state index contributed by atoms with van der Waals surface area (Å²) in [5.41, 5.74) is 0.672. The number of rotatable bonds is 6. The number of hydrogen-bond donors (Lipinski definition) is 0. The molecule has 0 atom stereocenters. The van der Waals surface area contributed by atoms with Crippen LogP contribution in [0, 0.1) is 0 Å². The predicted octanol–water partition coefficient (Wildman–Crippen LogP) is 3.90. The number of hydrogen-bond acceptors (Lipinski definition) is 6. The van der Waals surface area contributed by atoms with Gasteiger partial charge in [0, 0.05) is 10.9 Å². The van der Waals surface area contributed by atoms with Crippen LogP contribution >= 0.6 is 0 Å². The second-order valence-electron chi connectivity index (χ2n) is 5.65. The molecule has 0 aliphatic heterocycles. The van der Waals surface area contributed by atoms with E-state index in [4.69, 9.17) is 18.9 Å². The third kappa shape index (κ3) is 3.55. The van der Waals surface area contributed by atoms with Crippen molar-refractivity contribution in [2.24, 2.45) is 0 Å². The monoisotopic (exact) mass is 366 g/mol. The minimum absolute atomic E-state index is 0.289. The van der Waals surface area contributed by atoms with E-state index < -0.39 is 5.97 Å². The van der Waals surface area contributed by atoms with E-state index in [1.54, 1.807) is 36.4 Å². The molecule has 3 aromatic carbocycles. The molecule has 138 valence electrons. The Morgan fingerprint density at radius 2 is 1.63 bits per heavy atom. The first-order valence-corrected chi connectivity index (χ1v) is 8.11. The summed E-state index contributed by atoms with van der Waals surface area (Å²) in [6, 6.07) is 13.3. The Morgan fingerprint density at radius 1 is 0.852 bits per heavy atom. The number of aldehydes is 1. The molecule has 3 aromatic rings. The van der Waals surface area contributed by atoms with Crippen LogP contribution in [0.2, 0.25) is 0 Å². The SMILES string of the molecule is COc1cc(C=O)c2c(OC(=O)c3ccc(OC)c(OC)c3)cccc2c1. The highest BCUT2D eigenvalue weighted by Crippen LogP contribution is 2.33. The molecule has 27 heavy (non-hydrogen) atoms. The van der Waals surface area contributed by atoms with E-state index in [2.05, 4.69) is 0 Å². The van der Waals surface area contributed by atoms with Gasteiger partial charge in [0.05, 0.1) is 26.9 Å². The molecule has 0 aliphatic rings. The van der Waals surface area contributed by atoms with E-state index in [0.29, 0.717) is 40.0 Å².